The highest BCUT2D eigenvalue weighted by molar-refractivity contribution is 6.19. The van der Waals surface area contributed by atoms with E-state index in [2.05, 4.69) is 0 Å². The van der Waals surface area contributed by atoms with E-state index in [9.17, 15) is 24.9 Å². The van der Waals surface area contributed by atoms with E-state index < -0.39 is 17.6 Å². The Labute approximate surface area is 235 Å². The summed E-state index contributed by atoms with van der Waals surface area (Å²) in [4.78, 5) is 26.0. The van der Waals surface area contributed by atoms with Crippen LogP contribution in [0.15, 0.2) is 72.0 Å². The zero-order valence-corrected chi connectivity index (χ0v) is 22.4. The minimum Gasteiger partial charge on any atom is -0.508 e. The fourth-order valence-corrected chi connectivity index (χ4v) is 5.97. The number of ether oxygens (including phenoxy) is 4. The van der Waals surface area contributed by atoms with Gasteiger partial charge in [-0.05, 0) is 36.3 Å². The van der Waals surface area contributed by atoms with Gasteiger partial charge in [-0.25, -0.2) is 0 Å². The Kier molecular flexibility index (Phi) is 6.57. The number of carbonyl (C=O) groups excluding carboxylic acids is 2. The van der Waals surface area contributed by atoms with Crippen molar-refractivity contribution in [1.29, 1.82) is 0 Å². The van der Waals surface area contributed by atoms with Crippen molar-refractivity contribution in [1.82, 2.24) is 0 Å². The lowest BCUT2D eigenvalue weighted by atomic mass is 9.72. The zero-order chi connectivity index (χ0) is 28.8. The molecule has 3 atom stereocenters. The first kappa shape index (κ1) is 26.3. The van der Waals surface area contributed by atoms with Gasteiger partial charge < -0.3 is 34.3 Å². The molecule has 6 rings (SSSR count). The smallest absolute Gasteiger partial charge is 0.220 e. The van der Waals surface area contributed by atoms with Crippen LogP contribution in [-0.2, 0) is 20.7 Å². The van der Waals surface area contributed by atoms with Crippen LogP contribution in [0.4, 0.5) is 0 Å². The van der Waals surface area contributed by atoms with Crippen LogP contribution in [0.1, 0.15) is 34.1 Å². The number of hydrogen-bond donors (Lipinski definition) is 3. The number of allylic oxidation sites excluding steroid dienone is 2. The molecular weight excluding hydrogens is 528 g/mol. The highest BCUT2D eigenvalue weighted by atomic mass is 16.5. The van der Waals surface area contributed by atoms with Crippen molar-refractivity contribution in [3.8, 4) is 34.5 Å². The lowest BCUT2D eigenvalue weighted by molar-refractivity contribution is -0.117. The molecule has 0 saturated heterocycles. The second-order valence-electron chi connectivity index (χ2n) is 10.3. The first-order valence-electron chi connectivity index (χ1n) is 13.1. The number of phenolic OH excluding ortho intramolecular Hbond substituents is 3. The van der Waals surface area contributed by atoms with E-state index >= 15 is 0 Å². The monoisotopic (exact) mass is 556 g/mol. The van der Waals surface area contributed by atoms with Crippen molar-refractivity contribution in [3.63, 3.8) is 0 Å². The summed E-state index contributed by atoms with van der Waals surface area (Å²) in [6.07, 6.45) is 3.05. The SMILES string of the molecule is COC1=CC(=O)C([C@@H]2COc3cc(O)ccc3[C@H]2c2cc([C@@H]3COc4cc(O)ccc4C3)c(O)cc2OC)=CC1=O. The maximum absolute atomic E-state index is 13.2. The van der Waals surface area contributed by atoms with Crippen molar-refractivity contribution in [3.05, 3.63) is 94.3 Å². The molecule has 9 nitrogen and oxygen atoms in total. The van der Waals surface area contributed by atoms with Crippen molar-refractivity contribution >= 4 is 11.6 Å². The van der Waals surface area contributed by atoms with Gasteiger partial charge in [0.25, 0.3) is 0 Å². The first-order chi connectivity index (χ1) is 19.8. The summed E-state index contributed by atoms with van der Waals surface area (Å²) < 4.78 is 22.7. The van der Waals surface area contributed by atoms with Crippen LogP contribution < -0.4 is 14.2 Å². The molecule has 2 aliphatic heterocycles. The minimum absolute atomic E-state index is 0.0270. The molecule has 210 valence electrons. The second kappa shape index (κ2) is 10.2. The Hall–Kier alpha value is -4.92. The summed E-state index contributed by atoms with van der Waals surface area (Å²) in [6.45, 7) is 0.338. The number of fused-ring (bicyclic) bond motifs is 2. The lowest BCUT2D eigenvalue weighted by Crippen LogP contribution is -2.33. The number of rotatable bonds is 5. The first-order valence-corrected chi connectivity index (χ1v) is 13.1. The normalized spacial score (nSPS) is 21.5. The van der Waals surface area contributed by atoms with E-state index in [4.69, 9.17) is 18.9 Å². The molecule has 41 heavy (non-hydrogen) atoms. The van der Waals surface area contributed by atoms with Crippen molar-refractivity contribution < 1.29 is 43.9 Å². The fourth-order valence-electron chi connectivity index (χ4n) is 5.97. The summed E-state index contributed by atoms with van der Waals surface area (Å²) >= 11 is 0. The van der Waals surface area contributed by atoms with Gasteiger partial charge in [0.15, 0.2) is 11.5 Å². The largest absolute Gasteiger partial charge is 0.508 e. The third-order valence-electron chi connectivity index (χ3n) is 7.96. The molecule has 0 amide bonds. The molecular formula is C32H28O9. The maximum Gasteiger partial charge on any atom is 0.220 e. The summed E-state index contributed by atoms with van der Waals surface area (Å²) in [6, 6.07) is 13.2. The van der Waals surface area contributed by atoms with Gasteiger partial charge in [-0.1, -0.05) is 12.1 Å². The average Bonchev–Trinajstić information content (AvgIpc) is 2.97. The van der Waals surface area contributed by atoms with Gasteiger partial charge in [0, 0.05) is 64.3 Å². The molecule has 0 fully saturated rings. The number of hydrogen-bond acceptors (Lipinski definition) is 9. The van der Waals surface area contributed by atoms with Gasteiger partial charge in [-0.3, -0.25) is 9.59 Å². The molecule has 0 spiro atoms. The van der Waals surface area contributed by atoms with Gasteiger partial charge in [0.05, 0.1) is 27.4 Å². The number of phenols is 3. The van der Waals surface area contributed by atoms with Gasteiger partial charge in [-0.2, -0.15) is 0 Å². The molecule has 0 saturated carbocycles. The van der Waals surface area contributed by atoms with E-state index in [1.54, 1.807) is 30.3 Å². The molecule has 0 aromatic heterocycles. The van der Waals surface area contributed by atoms with Crippen LogP contribution in [0.2, 0.25) is 0 Å². The topological polar surface area (TPSA) is 132 Å². The summed E-state index contributed by atoms with van der Waals surface area (Å²) in [5.74, 6) is -0.516. The Morgan fingerprint density at radius 1 is 0.756 bits per heavy atom. The van der Waals surface area contributed by atoms with Crippen LogP contribution in [0, 0.1) is 5.92 Å². The quantitative estimate of drug-likeness (QED) is 0.394. The predicted molar refractivity (Wildman–Crippen MR) is 147 cm³/mol. The Balaban J connectivity index is 1.48. The van der Waals surface area contributed by atoms with Crippen LogP contribution in [0.25, 0.3) is 0 Å². The predicted octanol–water partition coefficient (Wildman–Crippen LogP) is 4.28. The average molecular weight is 557 g/mol. The second-order valence-corrected chi connectivity index (χ2v) is 10.3. The van der Waals surface area contributed by atoms with Gasteiger partial charge in [-0.15, -0.1) is 0 Å². The van der Waals surface area contributed by atoms with E-state index in [1.807, 2.05) is 6.07 Å². The van der Waals surface area contributed by atoms with E-state index in [1.165, 1.54) is 38.5 Å². The third kappa shape index (κ3) is 4.63. The molecule has 3 aromatic carbocycles. The summed E-state index contributed by atoms with van der Waals surface area (Å²) in [5, 5.41) is 31.1. The van der Waals surface area contributed by atoms with Gasteiger partial charge >= 0.3 is 0 Å². The molecule has 2 heterocycles. The zero-order valence-electron chi connectivity index (χ0n) is 22.4. The van der Waals surface area contributed by atoms with E-state index in [0.29, 0.717) is 40.4 Å². The van der Waals surface area contributed by atoms with E-state index in [0.717, 1.165) is 5.56 Å². The molecule has 0 bridgehead atoms. The summed E-state index contributed by atoms with van der Waals surface area (Å²) in [5.41, 5.74) is 3.17. The molecule has 3 N–H and O–H groups in total. The summed E-state index contributed by atoms with van der Waals surface area (Å²) in [7, 11) is 2.84. The van der Waals surface area contributed by atoms with Crippen LogP contribution in [0.3, 0.4) is 0 Å². The lowest BCUT2D eigenvalue weighted by Gasteiger charge is -2.36. The Bertz CT molecular complexity index is 1630. The molecule has 3 aliphatic rings. The van der Waals surface area contributed by atoms with Crippen LogP contribution >= 0.6 is 0 Å². The number of methoxy groups -OCH3 is 2. The van der Waals surface area contributed by atoms with Gasteiger partial charge in [0.1, 0.15) is 34.5 Å². The van der Waals surface area contributed by atoms with Crippen LogP contribution in [-0.4, -0.2) is 54.3 Å². The van der Waals surface area contributed by atoms with Crippen molar-refractivity contribution in [2.24, 2.45) is 5.92 Å². The highest BCUT2D eigenvalue weighted by Crippen LogP contribution is 2.50. The number of ketones is 2. The van der Waals surface area contributed by atoms with Crippen molar-refractivity contribution in [2.45, 2.75) is 18.3 Å². The van der Waals surface area contributed by atoms with Crippen molar-refractivity contribution in [2.75, 3.05) is 27.4 Å². The molecule has 9 heteroatoms. The van der Waals surface area contributed by atoms with E-state index in [-0.39, 0.29) is 53.5 Å². The standard InChI is InChI=1S/C32H28O9/c1-38-29-12-25(35)21(17-7-16-3-4-18(33)8-28(16)40-14-17)10-23(29)32-20-6-5-19(34)9-30(20)41-15-24(32)22-11-27(37)31(39-2)13-26(22)36/h3-6,8-13,17,24,32-35H,7,14-15H2,1-2H3/t17-,24-,32-/m0/s1. The molecule has 1 aliphatic carbocycles. The molecule has 0 unspecified atom stereocenters. The molecule has 3 aromatic rings. The fraction of sp³-hybridized carbons (Fsp3) is 0.250. The number of benzene rings is 3. The highest BCUT2D eigenvalue weighted by Gasteiger charge is 2.40. The number of aromatic hydroxyl groups is 3. The Morgan fingerprint density at radius 2 is 1.49 bits per heavy atom. The van der Waals surface area contributed by atoms with Crippen LogP contribution in [0.5, 0.6) is 34.5 Å². The Morgan fingerprint density at radius 3 is 2.24 bits per heavy atom. The maximum atomic E-state index is 13.2. The van der Waals surface area contributed by atoms with Gasteiger partial charge in [0.2, 0.25) is 5.78 Å². The minimum atomic E-state index is -0.587. The number of carbonyl (C=O) groups is 2. The third-order valence-corrected chi connectivity index (χ3v) is 7.96. The molecule has 0 radical (unpaired) electrons.